The van der Waals surface area contributed by atoms with Crippen LogP contribution in [0.25, 0.3) is 10.8 Å². The van der Waals surface area contributed by atoms with Crippen molar-refractivity contribution in [1.82, 2.24) is 10.2 Å². The fourth-order valence-electron chi connectivity index (χ4n) is 0.962. The third kappa shape index (κ3) is 2.66. The predicted octanol–water partition coefficient (Wildman–Crippen LogP) is 2.48. The smallest absolute Gasteiger partial charge is 0.276 e. The van der Waals surface area contributed by atoms with Gasteiger partial charge in [-0.25, -0.2) is 0 Å². The molecule has 2 aromatic rings. The molecule has 0 saturated heterocycles. The number of nitrogens with zero attached hydrogens (tertiary/aromatic N) is 2. The average molecular weight is 240 g/mol. The largest absolute Gasteiger partial charge is 0.410 e. The zero-order valence-corrected chi connectivity index (χ0v) is 9.38. The molecule has 0 spiro atoms. The van der Waals surface area contributed by atoms with E-state index in [-0.39, 0.29) is 0 Å². The van der Waals surface area contributed by atoms with Gasteiger partial charge in [0, 0.05) is 12.2 Å². The number of hydrogen-bond donors (Lipinski definition) is 0. The van der Waals surface area contributed by atoms with Crippen molar-refractivity contribution in [2.75, 3.05) is 5.75 Å². The third-order valence-corrected chi connectivity index (χ3v) is 3.31. The van der Waals surface area contributed by atoms with Crippen molar-refractivity contribution >= 4 is 29.4 Å². The maximum Gasteiger partial charge on any atom is 0.276 e. The van der Waals surface area contributed by atoms with E-state index in [9.17, 15) is 4.79 Å². The van der Waals surface area contributed by atoms with Crippen molar-refractivity contribution in [2.24, 2.45) is 0 Å². The first kappa shape index (κ1) is 10.4. The molecule has 0 fully saturated rings. The molecule has 2 heterocycles. The molecule has 0 saturated carbocycles. The lowest BCUT2D eigenvalue weighted by Crippen LogP contribution is -1.80. The topological polar surface area (TPSA) is 56.0 Å². The Morgan fingerprint density at radius 3 is 3.20 bits per heavy atom. The zero-order chi connectivity index (χ0) is 10.5. The zero-order valence-electron chi connectivity index (χ0n) is 7.75. The average Bonchev–Trinajstić information content (AvgIpc) is 2.87. The molecule has 0 aliphatic rings. The first-order valence-electron chi connectivity index (χ1n) is 4.34. The summed E-state index contributed by atoms with van der Waals surface area (Å²) in [5.41, 5.74) is 0. The Morgan fingerprint density at radius 1 is 1.53 bits per heavy atom. The predicted molar refractivity (Wildman–Crippen MR) is 59.0 cm³/mol. The van der Waals surface area contributed by atoms with Gasteiger partial charge in [0.25, 0.3) is 11.1 Å². The minimum absolute atomic E-state index is 0.501. The Labute approximate surface area is 94.7 Å². The molecule has 0 aliphatic heterocycles. The van der Waals surface area contributed by atoms with Crippen molar-refractivity contribution in [3.8, 4) is 10.8 Å². The van der Waals surface area contributed by atoms with E-state index in [2.05, 4.69) is 10.2 Å². The Bertz CT molecular complexity index is 425. The van der Waals surface area contributed by atoms with Crippen LogP contribution in [0.1, 0.15) is 6.42 Å². The standard InChI is InChI=1S/C9H8N2O2S2/c12-4-2-6-15-9-11-10-8(13-9)7-3-1-5-14-7/h1,3-5H,2,6H2. The summed E-state index contributed by atoms with van der Waals surface area (Å²) in [6.45, 7) is 0. The normalized spacial score (nSPS) is 10.4. The van der Waals surface area contributed by atoms with Crippen LogP contribution in [0, 0.1) is 0 Å². The van der Waals surface area contributed by atoms with Crippen LogP contribution in [-0.2, 0) is 4.79 Å². The quantitative estimate of drug-likeness (QED) is 0.456. The molecule has 0 N–H and O–H groups in total. The van der Waals surface area contributed by atoms with Crippen molar-refractivity contribution in [2.45, 2.75) is 11.6 Å². The van der Waals surface area contributed by atoms with Gasteiger partial charge in [0.1, 0.15) is 6.29 Å². The van der Waals surface area contributed by atoms with Gasteiger partial charge in [-0.1, -0.05) is 17.8 Å². The van der Waals surface area contributed by atoms with Crippen molar-refractivity contribution in [3.63, 3.8) is 0 Å². The summed E-state index contributed by atoms with van der Waals surface area (Å²) in [5.74, 6) is 1.22. The van der Waals surface area contributed by atoms with E-state index >= 15 is 0 Å². The Morgan fingerprint density at radius 2 is 2.47 bits per heavy atom. The van der Waals surface area contributed by atoms with Gasteiger partial charge in [0.15, 0.2) is 0 Å². The van der Waals surface area contributed by atoms with Crippen molar-refractivity contribution in [1.29, 1.82) is 0 Å². The summed E-state index contributed by atoms with van der Waals surface area (Å²) in [7, 11) is 0. The SMILES string of the molecule is O=CCCSc1nnc(-c2cccs2)o1. The van der Waals surface area contributed by atoms with Gasteiger partial charge in [-0.15, -0.1) is 21.5 Å². The number of aldehydes is 1. The minimum atomic E-state index is 0.501. The lowest BCUT2D eigenvalue weighted by molar-refractivity contribution is -0.107. The molecule has 78 valence electrons. The van der Waals surface area contributed by atoms with Crippen LogP contribution in [0.2, 0.25) is 0 Å². The molecule has 0 radical (unpaired) electrons. The van der Waals surface area contributed by atoms with E-state index in [0.717, 1.165) is 11.2 Å². The van der Waals surface area contributed by atoms with Crippen LogP contribution < -0.4 is 0 Å². The molecule has 0 amide bonds. The second-order valence-electron chi connectivity index (χ2n) is 2.65. The van der Waals surface area contributed by atoms with E-state index in [1.54, 1.807) is 11.3 Å². The molecule has 2 aromatic heterocycles. The Balaban J connectivity index is 2.01. The number of rotatable bonds is 5. The molecule has 0 aliphatic carbocycles. The molecular formula is C9H8N2O2S2. The summed E-state index contributed by atoms with van der Waals surface area (Å²) in [4.78, 5) is 11.1. The van der Waals surface area contributed by atoms with E-state index < -0.39 is 0 Å². The molecule has 0 bridgehead atoms. The summed E-state index contributed by atoms with van der Waals surface area (Å²) in [6.07, 6.45) is 1.38. The van der Waals surface area contributed by atoms with Crippen molar-refractivity contribution in [3.05, 3.63) is 17.5 Å². The molecule has 0 atom stereocenters. The fourth-order valence-corrected chi connectivity index (χ4v) is 2.23. The molecule has 2 rings (SSSR count). The molecular weight excluding hydrogens is 232 g/mol. The highest BCUT2D eigenvalue weighted by Crippen LogP contribution is 2.26. The van der Waals surface area contributed by atoms with E-state index in [1.807, 2.05) is 17.5 Å². The van der Waals surface area contributed by atoms with E-state index in [0.29, 0.717) is 23.3 Å². The second-order valence-corrected chi connectivity index (χ2v) is 4.65. The maximum absolute atomic E-state index is 10.1. The minimum Gasteiger partial charge on any atom is -0.410 e. The number of carbonyl (C=O) groups excluding carboxylic acids is 1. The summed E-state index contributed by atoms with van der Waals surface area (Å²) in [6, 6.07) is 3.86. The number of aromatic nitrogens is 2. The van der Waals surface area contributed by atoms with Crippen LogP contribution in [0.4, 0.5) is 0 Å². The molecule has 4 nitrogen and oxygen atoms in total. The summed E-state index contributed by atoms with van der Waals surface area (Å²) in [5, 5.41) is 10.3. The maximum atomic E-state index is 10.1. The van der Waals surface area contributed by atoms with E-state index in [4.69, 9.17) is 4.42 Å². The molecule has 0 aromatic carbocycles. The Kier molecular flexibility index (Phi) is 3.52. The van der Waals surface area contributed by atoms with Gasteiger partial charge in [-0.3, -0.25) is 0 Å². The first-order valence-corrected chi connectivity index (χ1v) is 6.20. The molecule has 15 heavy (non-hydrogen) atoms. The molecule has 0 unspecified atom stereocenters. The first-order chi connectivity index (χ1) is 7.40. The molecule has 6 heteroatoms. The van der Waals surface area contributed by atoms with Gasteiger partial charge in [0.2, 0.25) is 0 Å². The van der Waals surface area contributed by atoms with Crippen molar-refractivity contribution < 1.29 is 9.21 Å². The lowest BCUT2D eigenvalue weighted by Gasteiger charge is -1.89. The highest BCUT2D eigenvalue weighted by molar-refractivity contribution is 7.99. The second kappa shape index (κ2) is 5.09. The van der Waals surface area contributed by atoms with Crippen LogP contribution in [0.5, 0.6) is 0 Å². The Hall–Kier alpha value is -1.14. The van der Waals surface area contributed by atoms with Gasteiger partial charge in [-0.05, 0) is 11.4 Å². The highest BCUT2D eigenvalue weighted by atomic mass is 32.2. The number of hydrogen-bond acceptors (Lipinski definition) is 6. The summed E-state index contributed by atoms with van der Waals surface area (Å²) < 4.78 is 5.41. The monoisotopic (exact) mass is 240 g/mol. The number of carbonyl (C=O) groups is 1. The highest BCUT2D eigenvalue weighted by Gasteiger charge is 2.08. The van der Waals surface area contributed by atoms with Crippen LogP contribution in [0.15, 0.2) is 27.2 Å². The van der Waals surface area contributed by atoms with Crippen LogP contribution in [0.3, 0.4) is 0 Å². The number of thioether (sulfide) groups is 1. The van der Waals surface area contributed by atoms with Gasteiger partial charge < -0.3 is 9.21 Å². The lowest BCUT2D eigenvalue weighted by atomic mass is 10.5. The van der Waals surface area contributed by atoms with E-state index in [1.165, 1.54) is 11.8 Å². The van der Waals surface area contributed by atoms with Gasteiger partial charge in [-0.2, -0.15) is 0 Å². The van der Waals surface area contributed by atoms with Gasteiger partial charge in [0.05, 0.1) is 4.88 Å². The van der Waals surface area contributed by atoms with Crippen LogP contribution >= 0.6 is 23.1 Å². The summed E-state index contributed by atoms with van der Waals surface area (Å²) >= 11 is 2.95. The number of thiophene rings is 1. The van der Waals surface area contributed by atoms with Gasteiger partial charge >= 0.3 is 0 Å². The van der Waals surface area contributed by atoms with Crippen LogP contribution in [-0.4, -0.2) is 22.2 Å². The third-order valence-electron chi connectivity index (χ3n) is 1.60. The fraction of sp³-hybridized carbons (Fsp3) is 0.222.